The second kappa shape index (κ2) is 4.50. The Hall–Kier alpha value is -2.49. The predicted molar refractivity (Wildman–Crippen MR) is 84.5 cm³/mol. The highest BCUT2D eigenvalue weighted by molar-refractivity contribution is 6.01. The largest absolute Gasteiger partial charge is 0.437 e. The van der Waals surface area contributed by atoms with Crippen molar-refractivity contribution >= 4 is 27.9 Å². The third-order valence-electron chi connectivity index (χ3n) is 4.31. The van der Waals surface area contributed by atoms with E-state index in [-0.39, 0.29) is 11.2 Å². The fourth-order valence-corrected chi connectivity index (χ4v) is 3.29. The molecule has 0 saturated heterocycles. The van der Waals surface area contributed by atoms with Crippen LogP contribution in [0.2, 0.25) is 0 Å². The van der Waals surface area contributed by atoms with Crippen molar-refractivity contribution in [3.8, 4) is 0 Å². The summed E-state index contributed by atoms with van der Waals surface area (Å²) in [7, 11) is 0. The average molecular weight is 293 g/mol. The molecular weight excluding hydrogens is 278 g/mol. The van der Waals surface area contributed by atoms with E-state index in [0.29, 0.717) is 34.1 Å². The van der Waals surface area contributed by atoms with E-state index >= 15 is 0 Å². The standard InChI is InChI=1S/C18H15NO3/c1-9-6-10(2)16-15(7-9)22-18-12(17(16)21)8-11-13(19-18)4-3-5-14(11)20/h6-8H,3-5H2,1-2H3. The molecule has 4 heteroatoms. The molecule has 4 nitrogen and oxygen atoms in total. The Kier molecular flexibility index (Phi) is 2.70. The molecule has 2 heterocycles. The lowest BCUT2D eigenvalue weighted by Crippen LogP contribution is -2.15. The number of hydrogen-bond donors (Lipinski definition) is 0. The number of benzene rings is 1. The quantitative estimate of drug-likeness (QED) is 0.595. The lowest BCUT2D eigenvalue weighted by atomic mass is 9.94. The van der Waals surface area contributed by atoms with Crippen LogP contribution in [-0.2, 0) is 6.42 Å². The summed E-state index contributed by atoms with van der Waals surface area (Å²) < 4.78 is 5.87. The highest BCUT2D eigenvalue weighted by atomic mass is 16.3. The number of hydrogen-bond acceptors (Lipinski definition) is 4. The molecule has 0 spiro atoms. The fraction of sp³-hybridized carbons (Fsp3) is 0.278. The maximum atomic E-state index is 12.8. The smallest absolute Gasteiger partial charge is 0.230 e. The summed E-state index contributed by atoms with van der Waals surface area (Å²) in [5.74, 6) is 0.0655. The SMILES string of the molecule is Cc1cc(C)c2c(=O)c3cc4c(nc3oc2c1)CCCC4=O. The molecule has 0 fully saturated rings. The normalized spacial score (nSPS) is 14.5. The molecule has 0 saturated carbocycles. The number of carbonyl (C=O) groups is 1. The van der Waals surface area contributed by atoms with Gasteiger partial charge >= 0.3 is 0 Å². The molecule has 0 radical (unpaired) electrons. The molecule has 0 aliphatic heterocycles. The van der Waals surface area contributed by atoms with Crippen molar-refractivity contribution in [1.29, 1.82) is 0 Å². The topological polar surface area (TPSA) is 60.2 Å². The van der Waals surface area contributed by atoms with E-state index in [9.17, 15) is 9.59 Å². The molecule has 110 valence electrons. The summed E-state index contributed by atoms with van der Waals surface area (Å²) in [6, 6.07) is 5.49. The van der Waals surface area contributed by atoms with Gasteiger partial charge in [-0.05, 0) is 49.9 Å². The van der Waals surface area contributed by atoms with Crippen molar-refractivity contribution in [2.45, 2.75) is 33.1 Å². The van der Waals surface area contributed by atoms with E-state index in [4.69, 9.17) is 4.42 Å². The zero-order valence-corrected chi connectivity index (χ0v) is 12.5. The van der Waals surface area contributed by atoms with Gasteiger partial charge in [0, 0.05) is 12.0 Å². The number of pyridine rings is 1. The van der Waals surface area contributed by atoms with E-state index < -0.39 is 0 Å². The third kappa shape index (κ3) is 1.80. The number of ketones is 1. The van der Waals surface area contributed by atoms with Gasteiger partial charge in [-0.3, -0.25) is 9.59 Å². The summed E-state index contributed by atoms with van der Waals surface area (Å²) in [6.45, 7) is 3.87. The van der Waals surface area contributed by atoms with Crippen LogP contribution in [0.3, 0.4) is 0 Å². The first-order valence-corrected chi connectivity index (χ1v) is 7.45. The second-order valence-corrected chi connectivity index (χ2v) is 6.00. The zero-order valence-electron chi connectivity index (χ0n) is 12.5. The number of aryl methyl sites for hydroxylation is 3. The van der Waals surface area contributed by atoms with Gasteiger partial charge in [-0.1, -0.05) is 6.07 Å². The third-order valence-corrected chi connectivity index (χ3v) is 4.31. The van der Waals surface area contributed by atoms with Crippen molar-refractivity contribution in [3.05, 3.63) is 50.8 Å². The Balaban J connectivity index is 2.17. The molecule has 0 amide bonds. The molecule has 1 aliphatic carbocycles. The van der Waals surface area contributed by atoms with Crippen LogP contribution in [0.25, 0.3) is 22.1 Å². The Morgan fingerprint density at radius 3 is 2.73 bits per heavy atom. The molecule has 22 heavy (non-hydrogen) atoms. The van der Waals surface area contributed by atoms with Gasteiger partial charge in [0.15, 0.2) is 5.78 Å². The lowest BCUT2D eigenvalue weighted by Gasteiger charge is -2.14. The minimum absolute atomic E-state index is 0.0655. The average Bonchev–Trinajstić information content (AvgIpc) is 2.45. The summed E-state index contributed by atoms with van der Waals surface area (Å²) in [5.41, 5.74) is 4.03. The van der Waals surface area contributed by atoms with Gasteiger partial charge in [0.1, 0.15) is 5.58 Å². The Labute approximate surface area is 126 Å². The molecule has 0 bridgehead atoms. The number of fused-ring (bicyclic) bond motifs is 3. The van der Waals surface area contributed by atoms with E-state index in [1.54, 1.807) is 6.07 Å². The first-order chi connectivity index (χ1) is 10.5. The number of carbonyl (C=O) groups excluding carboxylic acids is 1. The number of Topliss-reactive ketones (excluding diaryl/α,β-unsaturated/α-hetero) is 1. The molecule has 4 rings (SSSR count). The second-order valence-electron chi connectivity index (χ2n) is 6.00. The highest BCUT2D eigenvalue weighted by Crippen LogP contribution is 2.26. The molecule has 0 N–H and O–H groups in total. The van der Waals surface area contributed by atoms with Gasteiger partial charge in [-0.2, -0.15) is 0 Å². The van der Waals surface area contributed by atoms with Gasteiger partial charge in [-0.25, -0.2) is 4.98 Å². The number of aromatic nitrogens is 1. The minimum atomic E-state index is -0.109. The maximum absolute atomic E-state index is 12.8. The van der Waals surface area contributed by atoms with Crippen molar-refractivity contribution < 1.29 is 9.21 Å². The summed E-state index contributed by atoms with van der Waals surface area (Å²) >= 11 is 0. The summed E-state index contributed by atoms with van der Waals surface area (Å²) in [5, 5.41) is 0.969. The molecule has 2 aromatic heterocycles. The van der Waals surface area contributed by atoms with E-state index in [2.05, 4.69) is 4.98 Å². The van der Waals surface area contributed by atoms with Crippen LogP contribution in [-0.4, -0.2) is 10.8 Å². The van der Waals surface area contributed by atoms with Gasteiger partial charge < -0.3 is 4.42 Å². The van der Waals surface area contributed by atoms with Crippen LogP contribution in [0.4, 0.5) is 0 Å². The van der Waals surface area contributed by atoms with Gasteiger partial charge in [0.2, 0.25) is 11.1 Å². The van der Waals surface area contributed by atoms with Crippen LogP contribution >= 0.6 is 0 Å². The van der Waals surface area contributed by atoms with Crippen LogP contribution in [0, 0.1) is 13.8 Å². The summed E-state index contributed by atoms with van der Waals surface area (Å²) in [4.78, 5) is 29.3. The molecule has 0 unspecified atom stereocenters. The van der Waals surface area contributed by atoms with Crippen LogP contribution in [0.15, 0.2) is 27.4 Å². The highest BCUT2D eigenvalue weighted by Gasteiger charge is 2.21. The maximum Gasteiger partial charge on any atom is 0.230 e. The van der Waals surface area contributed by atoms with E-state index in [1.807, 2.05) is 26.0 Å². The van der Waals surface area contributed by atoms with E-state index in [1.165, 1.54) is 0 Å². The Morgan fingerprint density at radius 2 is 1.91 bits per heavy atom. The van der Waals surface area contributed by atoms with Crippen molar-refractivity contribution in [1.82, 2.24) is 4.98 Å². The Bertz CT molecular complexity index is 1010. The molecule has 0 atom stereocenters. The first-order valence-electron chi connectivity index (χ1n) is 7.45. The number of rotatable bonds is 0. The summed E-state index contributed by atoms with van der Waals surface area (Å²) in [6.07, 6.45) is 2.09. The van der Waals surface area contributed by atoms with E-state index in [0.717, 1.165) is 29.7 Å². The first kappa shape index (κ1) is 13.2. The molecule has 1 aromatic carbocycles. The fourth-order valence-electron chi connectivity index (χ4n) is 3.29. The van der Waals surface area contributed by atoms with Crippen LogP contribution in [0.1, 0.15) is 40.0 Å². The number of nitrogens with zero attached hydrogens (tertiary/aromatic N) is 1. The van der Waals surface area contributed by atoms with Crippen molar-refractivity contribution in [2.24, 2.45) is 0 Å². The monoisotopic (exact) mass is 293 g/mol. The molecule has 1 aliphatic rings. The van der Waals surface area contributed by atoms with Crippen LogP contribution < -0.4 is 5.43 Å². The lowest BCUT2D eigenvalue weighted by molar-refractivity contribution is 0.0972. The molecular formula is C18H15NO3. The van der Waals surface area contributed by atoms with Gasteiger partial charge in [0.25, 0.3) is 0 Å². The van der Waals surface area contributed by atoms with Crippen LogP contribution in [0.5, 0.6) is 0 Å². The van der Waals surface area contributed by atoms with Crippen molar-refractivity contribution in [2.75, 3.05) is 0 Å². The Morgan fingerprint density at radius 1 is 1.09 bits per heavy atom. The zero-order chi connectivity index (χ0) is 15.4. The van der Waals surface area contributed by atoms with Gasteiger partial charge in [-0.15, -0.1) is 0 Å². The molecule has 3 aromatic rings. The van der Waals surface area contributed by atoms with Crippen molar-refractivity contribution in [3.63, 3.8) is 0 Å². The minimum Gasteiger partial charge on any atom is -0.437 e. The predicted octanol–water partition coefficient (Wildman–Crippen LogP) is 3.48. The van der Waals surface area contributed by atoms with Gasteiger partial charge in [0.05, 0.1) is 16.5 Å².